The van der Waals surface area contributed by atoms with E-state index in [2.05, 4.69) is 4.98 Å². The van der Waals surface area contributed by atoms with Gasteiger partial charge in [0.25, 0.3) is 0 Å². The highest BCUT2D eigenvalue weighted by atomic mass is 32.1. The van der Waals surface area contributed by atoms with Gasteiger partial charge < -0.3 is 14.6 Å². The average Bonchev–Trinajstić information content (AvgIpc) is 3.23. The molecule has 4 nitrogen and oxygen atoms in total. The first-order valence-corrected chi connectivity index (χ1v) is 8.61. The predicted molar refractivity (Wildman–Crippen MR) is 86.1 cm³/mol. The van der Waals surface area contributed by atoms with Gasteiger partial charge in [-0.3, -0.25) is 0 Å². The van der Waals surface area contributed by atoms with Crippen LogP contribution >= 0.6 is 11.3 Å². The van der Waals surface area contributed by atoms with E-state index in [9.17, 15) is 5.11 Å². The summed E-state index contributed by atoms with van der Waals surface area (Å²) in [6.07, 6.45) is 2.67. The summed E-state index contributed by atoms with van der Waals surface area (Å²) in [5, 5.41) is 12.9. The van der Waals surface area contributed by atoms with E-state index in [1.807, 2.05) is 36.6 Å². The van der Waals surface area contributed by atoms with Gasteiger partial charge in [0.1, 0.15) is 23.5 Å². The van der Waals surface area contributed by atoms with Crippen molar-refractivity contribution in [2.24, 2.45) is 0 Å². The van der Waals surface area contributed by atoms with Gasteiger partial charge in [-0.1, -0.05) is 19.1 Å². The number of hydrogen-bond acceptors (Lipinski definition) is 5. The molecule has 2 atom stereocenters. The van der Waals surface area contributed by atoms with Crippen LogP contribution < -0.4 is 4.74 Å². The third kappa shape index (κ3) is 3.66. The van der Waals surface area contributed by atoms with Crippen LogP contribution in [0.4, 0.5) is 0 Å². The minimum atomic E-state index is -0.401. The van der Waals surface area contributed by atoms with E-state index in [1.54, 1.807) is 11.3 Å². The van der Waals surface area contributed by atoms with Crippen molar-refractivity contribution in [2.45, 2.75) is 45.0 Å². The van der Waals surface area contributed by atoms with Crippen LogP contribution in [0.15, 0.2) is 29.6 Å². The molecule has 1 fully saturated rings. The van der Waals surface area contributed by atoms with E-state index in [4.69, 9.17) is 9.47 Å². The highest BCUT2D eigenvalue weighted by molar-refractivity contribution is 7.09. The molecule has 2 unspecified atom stereocenters. The molecule has 0 saturated carbocycles. The molecule has 1 aliphatic rings. The number of aromatic nitrogens is 1. The molecular weight excluding hydrogens is 298 g/mol. The zero-order valence-corrected chi connectivity index (χ0v) is 13.5. The number of aliphatic hydroxyl groups excluding tert-OH is 1. The molecule has 1 aromatic heterocycles. The number of aliphatic hydroxyl groups is 1. The van der Waals surface area contributed by atoms with Crippen molar-refractivity contribution in [1.82, 2.24) is 4.98 Å². The van der Waals surface area contributed by atoms with Gasteiger partial charge in [0.15, 0.2) is 0 Å². The quantitative estimate of drug-likeness (QED) is 0.874. The molecule has 0 radical (unpaired) electrons. The number of thiazole rings is 1. The summed E-state index contributed by atoms with van der Waals surface area (Å²) in [5.41, 5.74) is 1.86. The Morgan fingerprint density at radius 3 is 2.91 bits per heavy atom. The molecule has 0 bridgehead atoms. The molecule has 1 N–H and O–H groups in total. The second-order valence-corrected chi connectivity index (χ2v) is 6.35. The van der Waals surface area contributed by atoms with Gasteiger partial charge in [0.05, 0.1) is 11.8 Å². The van der Waals surface area contributed by atoms with Crippen LogP contribution in [0.5, 0.6) is 5.75 Å². The van der Waals surface area contributed by atoms with Crippen LogP contribution in [0.1, 0.15) is 54.7 Å². The van der Waals surface area contributed by atoms with Crippen molar-refractivity contribution in [3.8, 4) is 5.75 Å². The van der Waals surface area contributed by atoms with Gasteiger partial charge in [-0.05, 0) is 37.0 Å². The molecule has 2 heterocycles. The molecular formula is C17H21NO3S. The Labute approximate surface area is 134 Å². The number of benzene rings is 1. The minimum absolute atomic E-state index is 0.175. The first kappa shape index (κ1) is 15.5. The van der Waals surface area contributed by atoms with Crippen molar-refractivity contribution < 1.29 is 14.6 Å². The fourth-order valence-electron chi connectivity index (χ4n) is 2.49. The van der Waals surface area contributed by atoms with Crippen LogP contribution in [0.2, 0.25) is 0 Å². The summed E-state index contributed by atoms with van der Waals surface area (Å²) in [4.78, 5) is 4.59. The first-order chi connectivity index (χ1) is 10.8. The lowest BCUT2D eigenvalue weighted by atomic mass is 10.1. The van der Waals surface area contributed by atoms with Crippen molar-refractivity contribution in [3.05, 3.63) is 45.9 Å². The summed E-state index contributed by atoms with van der Waals surface area (Å²) < 4.78 is 11.4. The van der Waals surface area contributed by atoms with Crippen LogP contribution in [-0.4, -0.2) is 16.7 Å². The number of nitrogens with zero attached hydrogens (tertiary/aromatic N) is 1. The molecule has 5 heteroatoms. The van der Waals surface area contributed by atoms with Gasteiger partial charge in [0.2, 0.25) is 0 Å². The van der Waals surface area contributed by atoms with E-state index >= 15 is 0 Å². The Balaban J connectivity index is 1.56. The Morgan fingerprint density at radius 1 is 1.41 bits per heavy atom. The van der Waals surface area contributed by atoms with Crippen molar-refractivity contribution >= 4 is 11.3 Å². The van der Waals surface area contributed by atoms with Crippen LogP contribution in [0.25, 0.3) is 0 Å². The van der Waals surface area contributed by atoms with Gasteiger partial charge in [-0.15, -0.1) is 11.3 Å². The van der Waals surface area contributed by atoms with E-state index in [0.717, 1.165) is 41.5 Å². The second kappa shape index (κ2) is 7.22. The van der Waals surface area contributed by atoms with E-state index in [-0.39, 0.29) is 6.10 Å². The fourth-order valence-corrected chi connectivity index (χ4v) is 3.37. The highest BCUT2D eigenvalue weighted by Crippen LogP contribution is 2.30. The Kier molecular flexibility index (Phi) is 5.08. The van der Waals surface area contributed by atoms with Gasteiger partial charge in [-0.2, -0.15) is 0 Å². The number of hydrogen-bond donors (Lipinski definition) is 1. The SMILES string of the molecule is CCC(O)c1ccc(OCc2csc(C3CCCO3)n2)cc1. The fraction of sp³-hybridized carbons (Fsp3) is 0.471. The minimum Gasteiger partial charge on any atom is -0.487 e. The summed E-state index contributed by atoms with van der Waals surface area (Å²) in [6, 6.07) is 7.59. The molecule has 0 amide bonds. The molecule has 1 aliphatic heterocycles. The normalized spacial score (nSPS) is 19.3. The van der Waals surface area contributed by atoms with Gasteiger partial charge in [-0.25, -0.2) is 4.98 Å². The molecule has 0 spiro atoms. The van der Waals surface area contributed by atoms with E-state index in [1.165, 1.54) is 0 Å². The van der Waals surface area contributed by atoms with Crippen LogP contribution in [-0.2, 0) is 11.3 Å². The third-order valence-corrected chi connectivity index (χ3v) is 4.80. The Bertz CT molecular complexity index is 590. The van der Waals surface area contributed by atoms with Crippen LogP contribution in [0.3, 0.4) is 0 Å². The number of ether oxygens (including phenoxy) is 2. The lowest BCUT2D eigenvalue weighted by Gasteiger charge is -2.09. The lowest BCUT2D eigenvalue weighted by molar-refractivity contribution is 0.111. The standard InChI is InChI=1S/C17H21NO3S/c1-2-15(19)12-5-7-14(8-6-12)21-10-13-11-22-17(18-13)16-4-3-9-20-16/h5-8,11,15-16,19H,2-4,9-10H2,1H3. The molecule has 3 rings (SSSR count). The average molecular weight is 319 g/mol. The Hall–Kier alpha value is -1.43. The second-order valence-electron chi connectivity index (χ2n) is 5.46. The largest absolute Gasteiger partial charge is 0.487 e. The maximum absolute atomic E-state index is 9.77. The topological polar surface area (TPSA) is 51.6 Å². The molecule has 1 aromatic carbocycles. The summed E-state index contributed by atoms with van der Waals surface area (Å²) in [5.74, 6) is 0.790. The zero-order chi connectivity index (χ0) is 15.4. The molecule has 1 saturated heterocycles. The van der Waals surface area contributed by atoms with E-state index in [0.29, 0.717) is 13.0 Å². The van der Waals surface area contributed by atoms with Gasteiger partial charge >= 0.3 is 0 Å². The summed E-state index contributed by atoms with van der Waals surface area (Å²) in [7, 11) is 0. The predicted octanol–water partition coefficient (Wildman–Crippen LogP) is 4.02. The summed E-state index contributed by atoms with van der Waals surface area (Å²) >= 11 is 1.64. The van der Waals surface area contributed by atoms with Crippen molar-refractivity contribution in [2.75, 3.05) is 6.61 Å². The molecule has 22 heavy (non-hydrogen) atoms. The zero-order valence-electron chi connectivity index (χ0n) is 12.7. The monoisotopic (exact) mass is 319 g/mol. The van der Waals surface area contributed by atoms with Gasteiger partial charge in [0, 0.05) is 12.0 Å². The summed E-state index contributed by atoms with van der Waals surface area (Å²) in [6.45, 7) is 3.26. The maximum Gasteiger partial charge on any atom is 0.131 e. The van der Waals surface area contributed by atoms with Crippen molar-refractivity contribution in [1.29, 1.82) is 0 Å². The smallest absolute Gasteiger partial charge is 0.131 e. The highest BCUT2D eigenvalue weighted by Gasteiger charge is 2.20. The molecule has 2 aromatic rings. The lowest BCUT2D eigenvalue weighted by Crippen LogP contribution is -1.99. The third-order valence-electron chi connectivity index (χ3n) is 3.81. The maximum atomic E-state index is 9.77. The van der Waals surface area contributed by atoms with E-state index < -0.39 is 6.10 Å². The Morgan fingerprint density at radius 2 is 2.23 bits per heavy atom. The number of rotatable bonds is 6. The molecule has 118 valence electrons. The first-order valence-electron chi connectivity index (χ1n) is 7.73. The van der Waals surface area contributed by atoms with Crippen LogP contribution in [0, 0.1) is 0 Å². The van der Waals surface area contributed by atoms with Crippen molar-refractivity contribution in [3.63, 3.8) is 0 Å². The molecule has 0 aliphatic carbocycles.